The Morgan fingerprint density at radius 1 is 1.25 bits per heavy atom. The van der Waals surface area contributed by atoms with Crippen LogP contribution in [0, 0.1) is 6.92 Å². The van der Waals surface area contributed by atoms with Gasteiger partial charge in [0.15, 0.2) is 0 Å². The van der Waals surface area contributed by atoms with Gasteiger partial charge in [0.2, 0.25) is 5.91 Å². The topological polar surface area (TPSA) is 29.1 Å². The maximum absolute atomic E-state index is 11.9. The van der Waals surface area contributed by atoms with Gasteiger partial charge in [-0.3, -0.25) is 4.79 Å². The Balaban J connectivity index is 2.08. The molecule has 0 aliphatic carbocycles. The van der Waals surface area contributed by atoms with Gasteiger partial charge in [0, 0.05) is 15.6 Å². The molecule has 0 heterocycles. The lowest BCUT2D eigenvalue weighted by Crippen LogP contribution is -2.08. The van der Waals surface area contributed by atoms with Crippen LogP contribution in [-0.4, -0.2) is 5.91 Å². The fourth-order valence-corrected chi connectivity index (χ4v) is 2.46. The number of hydrogen-bond donors (Lipinski definition) is 1. The van der Waals surface area contributed by atoms with Crippen LogP contribution >= 0.6 is 27.5 Å². The van der Waals surface area contributed by atoms with E-state index in [1.807, 2.05) is 43.3 Å². The lowest BCUT2D eigenvalue weighted by molar-refractivity contribution is -0.111. The van der Waals surface area contributed by atoms with Crippen LogP contribution < -0.4 is 5.32 Å². The molecule has 0 unspecified atom stereocenters. The molecule has 2 aromatic carbocycles. The number of carbonyl (C=O) groups is 1. The van der Waals surface area contributed by atoms with Crippen molar-refractivity contribution in [2.75, 3.05) is 5.32 Å². The summed E-state index contributed by atoms with van der Waals surface area (Å²) in [4.78, 5) is 11.9. The summed E-state index contributed by atoms with van der Waals surface area (Å²) in [5.41, 5.74) is 2.68. The van der Waals surface area contributed by atoms with Crippen LogP contribution in [0.15, 0.2) is 53.0 Å². The van der Waals surface area contributed by atoms with Crippen molar-refractivity contribution in [1.29, 1.82) is 0 Å². The fourth-order valence-electron chi connectivity index (χ4n) is 1.67. The van der Waals surface area contributed by atoms with Crippen LogP contribution in [0.1, 0.15) is 11.1 Å². The van der Waals surface area contributed by atoms with Crippen LogP contribution in [0.3, 0.4) is 0 Å². The molecular formula is C16H13BrClNO. The summed E-state index contributed by atoms with van der Waals surface area (Å²) in [7, 11) is 0. The Kier molecular flexibility index (Phi) is 4.99. The van der Waals surface area contributed by atoms with E-state index >= 15 is 0 Å². The first-order valence-electron chi connectivity index (χ1n) is 6.06. The molecule has 2 nitrogen and oxygen atoms in total. The summed E-state index contributed by atoms with van der Waals surface area (Å²) < 4.78 is 0.858. The Bertz CT molecular complexity index is 667. The molecule has 102 valence electrons. The lowest BCUT2D eigenvalue weighted by Gasteiger charge is -2.05. The van der Waals surface area contributed by atoms with Crippen molar-refractivity contribution in [3.63, 3.8) is 0 Å². The van der Waals surface area contributed by atoms with Crippen molar-refractivity contribution in [2.45, 2.75) is 6.92 Å². The van der Waals surface area contributed by atoms with E-state index in [9.17, 15) is 4.79 Å². The maximum atomic E-state index is 11.9. The lowest BCUT2D eigenvalue weighted by atomic mass is 10.2. The molecule has 0 saturated heterocycles. The van der Waals surface area contributed by atoms with Crippen molar-refractivity contribution < 1.29 is 4.79 Å². The molecular weight excluding hydrogens is 338 g/mol. The van der Waals surface area contributed by atoms with E-state index in [-0.39, 0.29) is 5.91 Å². The molecule has 2 rings (SSSR count). The van der Waals surface area contributed by atoms with Gasteiger partial charge in [-0.05, 0) is 58.3 Å². The fraction of sp³-hybridized carbons (Fsp3) is 0.0625. The number of carbonyl (C=O) groups excluding carboxylic acids is 1. The number of nitrogens with one attached hydrogen (secondary N) is 1. The summed E-state index contributed by atoms with van der Waals surface area (Å²) in [5.74, 6) is -0.200. The second-order valence-corrected chi connectivity index (χ2v) is 5.59. The highest BCUT2D eigenvalue weighted by atomic mass is 79.9. The predicted octanol–water partition coefficient (Wildman–Crippen LogP) is 5.06. The highest BCUT2D eigenvalue weighted by Crippen LogP contribution is 2.23. The van der Waals surface area contributed by atoms with Gasteiger partial charge in [0.05, 0.1) is 5.69 Å². The summed E-state index contributed by atoms with van der Waals surface area (Å²) in [6.45, 7) is 1.99. The number of halogens is 2. The number of anilines is 1. The number of rotatable bonds is 3. The molecule has 0 radical (unpaired) electrons. The summed E-state index contributed by atoms with van der Waals surface area (Å²) in [5, 5.41) is 3.43. The van der Waals surface area contributed by atoms with E-state index < -0.39 is 0 Å². The van der Waals surface area contributed by atoms with Gasteiger partial charge < -0.3 is 5.32 Å². The first-order valence-corrected chi connectivity index (χ1v) is 7.23. The Morgan fingerprint density at radius 3 is 2.70 bits per heavy atom. The van der Waals surface area contributed by atoms with Gasteiger partial charge in [-0.2, -0.15) is 0 Å². The van der Waals surface area contributed by atoms with E-state index in [1.54, 1.807) is 12.1 Å². The zero-order valence-corrected chi connectivity index (χ0v) is 13.2. The first kappa shape index (κ1) is 14.8. The maximum Gasteiger partial charge on any atom is 0.248 e. The number of amides is 1. The molecule has 4 heteroatoms. The van der Waals surface area contributed by atoms with Gasteiger partial charge in [-0.1, -0.05) is 35.9 Å². The third-order valence-electron chi connectivity index (χ3n) is 2.70. The molecule has 0 spiro atoms. The zero-order chi connectivity index (χ0) is 14.5. The molecule has 0 atom stereocenters. The highest BCUT2D eigenvalue weighted by molar-refractivity contribution is 9.10. The quantitative estimate of drug-likeness (QED) is 0.770. The van der Waals surface area contributed by atoms with Crippen LogP contribution in [-0.2, 0) is 4.79 Å². The van der Waals surface area contributed by atoms with Crippen LogP contribution in [0.5, 0.6) is 0 Å². The van der Waals surface area contributed by atoms with Crippen molar-refractivity contribution in [1.82, 2.24) is 0 Å². The minimum atomic E-state index is -0.200. The molecule has 0 fully saturated rings. The van der Waals surface area contributed by atoms with Gasteiger partial charge >= 0.3 is 0 Å². The van der Waals surface area contributed by atoms with E-state index in [0.717, 1.165) is 21.3 Å². The third kappa shape index (κ3) is 3.95. The van der Waals surface area contributed by atoms with E-state index in [4.69, 9.17) is 11.6 Å². The second-order valence-electron chi connectivity index (χ2n) is 4.33. The molecule has 20 heavy (non-hydrogen) atoms. The second kappa shape index (κ2) is 6.73. The van der Waals surface area contributed by atoms with E-state index in [2.05, 4.69) is 21.2 Å². The minimum Gasteiger partial charge on any atom is -0.321 e. The summed E-state index contributed by atoms with van der Waals surface area (Å²) >= 11 is 9.44. The predicted molar refractivity (Wildman–Crippen MR) is 88.0 cm³/mol. The number of benzene rings is 2. The number of hydrogen-bond acceptors (Lipinski definition) is 1. The van der Waals surface area contributed by atoms with Crippen molar-refractivity contribution >= 4 is 45.2 Å². The van der Waals surface area contributed by atoms with Gasteiger partial charge in [0.1, 0.15) is 0 Å². The molecule has 0 aromatic heterocycles. The van der Waals surface area contributed by atoms with Gasteiger partial charge in [0.25, 0.3) is 0 Å². The minimum absolute atomic E-state index is 0.200. The highest BCUT2D eigenvalue weighted by Gasteiger charge is 2.03. The molecule has 0 aliphatic rings. The van der Waals surface area contributed by atoms with E-state index in [1.165, 1.54) is 6.08 Å². The monoisotopic (exact) mass is 349 g/mol. The zero-order valence-electron chi connectivity index (χ0n) is 10.9. The number of aryl methyl sites for hydroxylation is 1. The van der Waals surface area contributed by atoms with E-state index in [0.29, 0.717) is 5.02 Å². The van der Waals surface area contributed by atoms with Crippen molar-refractivity contribution in [3.05, 3.63) is 69.2 Å². The van der Waals surface area contributed by atoms with Crippen molar-refractivity contribution in [2.24, 2.45) is 0 Å². The third-order valence-corrected chi connectivity index (χ3v) is 3.70. The van der Waals surface area contributed by atoms with Crippen LogP contribution in [0.4, 0.5) is 5.69 Å². The Labute approximate surface area is 131 Å². The molecule has 1 amide bonds. The average Bonchev–Trinajstić information content (AvgIpc) is 2.41. The van der Waals surface area contributed by atoms with Crippen LogP contribution in [0.25, 0.3) is 6.08 Å². The summed E-state index contributed by atoms with van der Waals surface area (Å²) in [6.07, 6.45) is 3.16. The first-order chi connectivity index (χ1) is 9.56. The molecule has 0 bridgehead atoms. The smallest absolute Gasteiger partial charge is 0.248 e. The Morgan fingerprint density at radius 2 is 2.00 bits per heavy atom. The average molecular weight is 351 g/mol. The van der Waals surface area contributed by atoms with Crippen LogP contribution in [0.2, 0.25) is 5.02 Å². The summed E-state index contributed by atoms with van der Waals surface area (Å²) in [6, 6.07) is 13.1. The molecule has 1 N–H and O–H groups in total. The SMILES string of the molecule is Cc1ccc(NC(=O)/C=C/c2ccccc2Cl)c(Br)c1. The molecule has 0 saturated carbocycles. The molecule has 2 aromatic rings. The van der Waals surface area contributed by atoms with Gasteiger partial charge in [-0.15, -0.1) is 0 Å². The largest absolute Gasteiger partial charge is 0.321 e. The van der Waals surface area contributed by atoms with Crippen molar-refractivity contribution in [3.8, 4) is 0 Å². The normalized spacial score (nSPS) is 10.8. The standard InChI is InChI=1S/C16H13BrClNO/c1-11-6-8-15(13(17)10-11)19-16(20)9-7-12-4-2-3-5-14(12)18/h2-10H,1H3,(H,19,20)/b9-7+. The molecule has 0 aliphatic heterocycles. The van der Waals surface area contributed by atoms with Gasteiger partial charge in [-0.25, -0.2) is 0 Å². The Hall–Kier alpha value is -1.58.